The molecule has 0 fully saturated rings. The van der Waals surface area contributed by atoms with Crippen LogP contribution in [0.5, 0.6) is 0 Å². The number of nitrogens with zero attached hydrogens (tertiary/aromatic N) is 2. The van der Waals surface area contributed by atoms with Crippen LogP contribution in [0, 0.1) is 6.92 Å². The van der Waals surface area contributed by atoms with Crippen molar-refractivity contribution in [1.82, 2.24) is 9.55 Å². The molecule has 7 heteroatoms. The molecule has 0 bridgehead atoms. The molecule has 100 valence electrons. The Hall–Kier alpha value is -2.31. The molecule has 0 saturated carbocycles. The number of benzene rings is 1. The second-order valence-electron chi connectivity index (χ2n) is 3.93. The maximum Gasteiger partial charge on any atom is 0.416 e. The van der Waals surface area contributed by atoms with Gasteiger partial charge in [-0.1, -0.05) is 6.07 Å². The predicted octanol–water partition coefficient (Wildman–Crippen LogP) is 3.29. The van der Waals surface area contributed by atoms with Crippen LogP contribution in [0.3, 0.4) is 0 Å². The average Bonchev–Trinajstić information content (AvgIpc) is 2.84. The number of hydrogen-bond acceptors (Lipinski definition) is 2. The Bertz CT molecular complexity index is 591. The molecule has 1 aromatic heterocycles. The number of rotatable bonds is 1. The van der Waals surface area contributed by atoms with Crippen LogP contribution in [0.25, 0.3) is 0 Å². The Balaban J connectivity index is 2.27. The molecule has 0 spiro atoms. The number of alkyl halides is 3. The lowest BCUT2D eigenvalue weighted by Crippen LogP contribution is -2.19. The van der Waals surface area contributed by atoms with Crippen molar-refractivity contribution >= 4 is 11.7 Å². The summed E-state index contributed by atoms with van der Waals surface area (Å²) in [6.07, 6.45) is -0.378. The Morgan fingerprint density at radius 1 is 1.37 bits per heavy atom. The van der Waals surface area contributed by atoms with Crippen LogP contribution < -0.4 is 5.32 Å². The fourth-order valence-electron chi connectivity index (χ4n) is 1.49. The van der Waals surface area contributed by atoms with Crippen LogP contribution >= 0.6 is 0 Å². The minimum atomic E-state index is -4.44. The summed E-state index contributed by atoms with van der Waals surface area (Å²) < 4.78 is 38.9. The molecule has 1 aromatic carbocycles. The van der Waals surface area contributed by atoms with E-state index in [2.05, 4.69) is 10.3 Å². The molecular formula is C12H10F3N3O. The summed E-state index contributed by atoms with van der Waals surface area (Å²) in [7, 11) is 0. The number of carbonyl (C=O) groups excluding carboxylic acids is 1. The number of nitrogens with one attached hydrogen (secondary N) is 1. The highest BCUT2D eigenvalue weighted by Gasteiger charge is 2.30. The van der Waals surface area contributed by atoms with Crippen LogP contribution in [0.2, 0.25) is 0 Å². The third-order valence-electron chi connectivity index (χ3n) is 2.55. The van der Waals surface area contributed by atoms with Gasteiger partial charge in [0.15, 0.2) is 0 Å². The van der Waals surface area contributed by atoms with Crippen molar-refractivity contribution in [3.63, 3.8) is 0 Å². The summed E-state index contributed by atoms with van der Waals surface area (Å²) >= 11 is 0. The number of halogens is 3. The number of imidazole rings is 1. The van der Waals surface area contributed by atoms with Gasteiger partial charge in [0, 0.05) is 18.1 Å². The number of hydrogen-bond donors (Lipinski definition) is 1. The van der Waals surface area contributed by atoms with Crippen LogP contribution in [-0.2, 0) is 6.18 Å². The Morgan fingerprint density at radius 3 is 2.68 bits per heavy atom. The number of aryl methyl sites for hydroxylation is 1. The lowest BCUT2D eigenvalue weighted by molar-refractivity contribution is -0.137. The molecule has 0 aliphatic carbocycles. The van der Waals surface area contributed by atoms with Gasteiger partial charge in [0.25, 0.3) is 0 Å². The van der Waals surface area contributed by atoms with Crippen LogP contribution in [0.1, 0.15) is 11.1 Å². The average molecular weight is 269 g/mol. The highest BCUT2D eigenvalue weighted by molar-refractivity contribution is 5.91. The van der Waals surface area contributed by atoms with E-state index in [-0.39, 0.29) is 5.69 Å². The maximum atomic E-state index is 12.6. The van der Waals surface area contributed by atoms with Crippen molar-refractivity contribution in [2.45, 2.75) is 13.1 Å². The number of carbonyl (C=O) groups is 1. The summed E-state index contributed by atoms with van der Waals surface area (Å²) in [6, 6.07) is 2.62. The summed E-state index contributed by atoms with van der Waals surface area (Å²) in [5, 5.41) is 2.41. The molecule has 0 aliphatic heterocycles. The Kier molecular flexibility index (Phi) is 3.28. The third kappa shape index (κ3) is 2.93. The zero-order chi connectivity index (χ0) is 14.0. The molecule has 2 aromatic rings. The van der Waals surface area contributed by atoms with Crippen LogP contribution in [-0.4, -0.2) is 15.6 Å². The van der Waals surface area contributed by atoms with Gasteiger partial charge < -0.3 is 5.32 Å². The first-order valence-corrected chi connectivity index (χ1v) is 5.35. The molecule has 2 rings (SSSR count). The molecule has 0 unspecified atom stereocenters. The van der Waals surface area contributed by atoms with E-state index in [4.69, 9.17) is 0 Å². The Morgan fingerprint density at radius 2 is 2.11 bits per heavy atom. The summed E-state index contributed by atoms with van der Waals surface area (Å²) in [6.45, 7) is 1.61. The van der Waals surface area contributed by atoms with Gasteiger partial charge in [0.1, 0.15) is 6.33 Å². The molecule has 0 aliphatic rings. The molecular weight excluding hydrogens is 259 g/mol. The van der Waals surface area contributed by atoms with Crippen molar-refractivity contribution in [2.75, 3.05) is 5.32 Å². The quantitative estimate of drug-likeness (QED) is 0.863. The fraction of sp³-hybridized carbons (Fsp3) is 0.167. The number of amides is 1. The highest BCUT2D eigenvalue weighted by Crippen LogP contribution is 2.32. The topological polar surface area (TPSA) is 46.9 Å². The van der Waals surface area contributed by atoms with E-state index in [1.807, 2.05) is 0 Å². The zero-order valence-electron chi connectivity index (χ0n) is 9.90. The third-order valence-corrected chi connectivity index (χ3v) is 2.55. The number of aromatic nitrogens is 2. The normalized spacial score (nSPS) is 11.4. The lowest BCUT2D eigenvalue weighted by atomic mass is 10.1. The van der Waals surface area contributed by atoms with E-state index in [9.17, 15) is 18.0 Å². The van der Waals surface area contributed by atoms with Crippen molar-refractivity contribution in [3.05, 3.63) is 48.0 Å². The Labute approximate surface area is 106 Å². The van der Waals surface area contributed by atoms with E-state index in [0.717, 1.165) is 16.7 Å². The first-order valence-electron chi connectivity index (χ1n) is 5.35. The van der Waals surface area contributed by atoms with E-state index in [0.29, 0.717) is 5.56 Å². The van der Waals surface area contributed by atoms with E-state index in [1.165, 1.54) is 24.8 Å². The minimum absolute atomic E-state index is 0.119. The summed E-state index contributed by atoms with van der Waals surface area (Å²) in [4.78, 5) is 15.4. The van der Waals surface area contributed by atoms with Gasteiger partial charge >= 0.3 is 12.2 Å². The first kappa shape index (κ1) is 13.1. The molecule has 1 N–H and O–H groups in total. The smallest absolute Gasteiger partial charge is 0.307 e. The van der Waals surface area contributed by atoms with Crippen molar-refractivity contribution < 1.29 is 18.0 Å². The monoisotopic (exact) mass is 269 g/mol. The fourth-order valence-corrected chi connectivity index (χ4v) is 1.49. The minimum Gasteiger partial charge on any atom is -0.307 e. The summed E-state index contributed by atoms with van der Waals surface area (Å²) in [5.74, 6) is 0. The second kappa shape index (κ2) is 4.75. The van der Waals surface area contributed by atoms with Gasteiger partial charge in [-0.2, -0.15) is 13.2 Å². The first-order chi connectivity index (χ1) is 8.88. The second-order valence-corrected chi connectivity index (χ2v) is 3.93. The van der Waals surface area contributed by atoms with Gasteiger partial charge in [0.2, 0.25) is 0 Å². The largest absolute Gasteiger partial charge is 0.416 e. The molecule has 1 amide bonds. The van der Waals surface area contributed by atoms with E-state index in [1.54, 1.807) is 6.92 Å². The van der Waals surface area contributed by atoms with Crippen molar-refractivity contribution in [2.24, 2.45) is 0 Å². The molecule has 0 saturated heterocycles. The lowest BCUT2D eigenvalue weighted by Gasteiger charge is -2.12. The van der Waals surface area contributed by atoms with Crippen LogP contribution in [0.15, 0.2) is 36.9 Å². The number of anilines is 1. The van der Waals surface area contributed by atoms with E-state index >= 15 is 0 Å². The van der Waals surface area contributed by atoms with Gasteiger partial charge in [-0.25, -0.2) is 9.78 Å². The molecule has 4 nitrogen and oxygen atoms in total. The molecule has 0 atom stereocenters. The predicted molar refractivity (Wildman–Crippen MR) is 62.8 cm³/mol. The van der Waals surface area contributed by atoms with Crippen molar-refractivity contribution in [3.8, 4) is 0 Å². The molecule has 1 heterocycles. The SMILES string of the molecule is Cc1ccc(C(F)(F)F)cc1NC(=O)n1ccnc1. The molecule has 0 radical (unpaired) electrons. The molecule has 19 heavy (non-hydrogen) atoms. The van der Waals surface area contributed by atoms with Gasteiger partial charge in [-0.05, 0) is 24.6 Å². The van der Waals surface area contributed by atoms with Crippen LogP contribution in [0.4, 0.5) is 23.7 Å². The highest BCUT2D eigenvalue weighted by atomic mass is 19.4. The zero-order valence-corrected chi connectivity index (χ0v) is 9.90. The van der Waals surface area contributed by atoms with Gasteiger partial charge in [-0.3, -0.25) is 4.57 Å². The standard InChI is InChI=1S/C12H10F3N3O/c1-8-2-3-9(12(13,14)15)6-10(8)17-11(19)18-5-4-16-7-18/h2-7H,1H3,(H,17,19). The van der Waals surface area contributed by atoms with Crippen molar-refractivity contribution in [1.29, 1.82) is 0 Å². The van der Waals surface area contributed by atoms with Gasteiger partial charge in [-0.15, -0.1) is 0 Å². The maximum absolute atomic E-state index is 12.6. The summed E-state index contributed by atoms with van der Waals surface area (Å²) in [5.41, 5.74) is -0.144. The van der Waals surface area contributed by atoms with Gasteiger partial charge in [0.05, 0.1) is 5.56 Å². The van der Waals surface area contributed by atoms with E-state index < -0.39 is 17.8 Å².